The van der Waals surface area contributed by atoms with Crippen molar-refractivity contribution in [1.82, 2.24) is 15.2 Å². The lowest BCUT2D eigenvalue weighted by molar-refractivity contribution is 0.675. The van der Waals surface area contributed by atoms with Gasteiger partial charge in [-0.15, -0.1) is 10.2 Å². The van der Waals surface area contributed by atoms with Crippen LogP contribution in [0.4, 0.5) is 0 Å². The third kappa shape index (κ3) is 3.21. The molecule has 0 saturated heterocycles. The second kappa shape index (κ2) is 6.34. The van der Waals surface area contributed by atoms with Gasteiger partial charge in [-0.1, -0.05) is 48.0 Å². The summed E-state index contributed by atoms with van der Waals surface area (Å²) in [5.41, 5.74) is 3.74. The average Bonchev–Trinajstić information content (AvgIpc) is 2.56. The van der Waals surface area contributed by atoms with Crippen molar-refractivity contribution in [3.63, 3.8) is 0 Å². The highest BCUT2D eigenvalue weighted by Crippen LogP contribution is 2.24. The molecule has 0 radical (unpaired) electrons. The maximum absolute atomic E-state index is 11.3. The van der Waals surface area contributed by atoms with Crippen LogP contribution in [-0.2, 0) is 10.8 Å². The standard InChI is InChI=1S/C16H12ClN3OS/c1-22(21)16-18-10-15(19-20-16)13-4-2-11(3-5-13)12-6-8-14(17)9-7-12/h2-10H,1H3. The molecule has 0 bridgehead atoms. The van der Waals surface area contributed by atoms with Crippen LogP contribution in [-0.4, -0.2) is 25.6 Å². The van der Waals surface area contributed by atoms with Gasteiger partial charge in [0.25, 0.3) is 0 Å². The molecule has 0 amide bonds. The molecule has 0 aliphatic carbocycles. The summed E-state index contributed by atoms with van der Waals surface area (Å²) in [6.07, 6.45) is 3.11. The van der Waals surface area contributed by atoms with E-state index in [0.717, 1.165) is 21.7 Å². The van der Waals surface area contributed by atoms with E-state index in [9.17, 15) is 4.21 Å². The molecule has 3 rings (SSSR count). The Kier molecular flexibility index (Phi) is 4.27. The van der Waals surface area contributed by atoms with E-state index in [-0.39, 0.29) is 5.16 Å². The van der Waals surface area contributed by atoms with Crippen molar-refractivity contribution in [2.75, 3.05) is 6.26 Å². The zero-order valence-electron chi connectivity index (χ0n) is 11.7. The Labute approximate surface area is 135 Å². The Morgan fingerprint density at radius 3 is 1.91 bits per heavy atom. The molecular formula is C16H12ClN3OS. The molecule has 0 aliphatic rings. The quantitative estimate of drug-likeness (QED) is 0.736. The summed E-state index contributed by atoms with van der Waals surface area (Å²) in [4.78, 5) is 4.06. The Morgan fingerprint density at radius 1 is 0.864 bits per heavy atom. The van der Waals surface area contributed by atoms with Crippen molar-refractivity contribution in [1.29, 1.82) is 0 Å². The minimum absolute atomic E-state index is 0.238. The van der Waals surface area contributed by atoms with Gasteiger partial charge in [-0.3, -0.25) is 4.21 Å². The molecule has 3 aromatic rings. The van der Waals surface area contributed by atoms with Gasteiger partial charge in [-0.25, -0.2) is 4.98 Å². The highest BCUT2D eigenvalue weighted by Gasteiger charge is 2.05. The Bertz CT molecular complexity index is 802. The summed E-state index contributed by atoms with van der Waals surface area (Å²) in [7, 11) is -1.22. The van der Waals surface area contributed by atoms with Crippen LogP contribution in [0.3, 0.4) is 0 Å². The Balaban J connectivity index is 1.87. The van der Waals surface area contributed by atoms with Crippen molar-refractivity contribution in [3.8, 4) is 22.4 Å². The van der Waals surface area contributed by atoms with Crippen molar-refractivity contribution in [2.45, 2.75) is 5.16 Å². The van der Waals surface area contributed by atoms with Crippen molar-refractivity contribution in [3.05, 3.63) is 59.8 Å². The Hall–Kier alpha value is -2.11. The molecule has 1 unspecified atom stereocenters. The predicted octanol–water partition coefficient (Wildman–Crippen LogP) is 3.60. The number of halogens is 1. The van der Waals surface area contributed by atoms with E-state index in [1.54, 1.807) is 6.20 Å². The third-order valence-electron chi connectivity index (χ3n) is 3.16. The van der Waals surface area contributed by atoms with E-state index in [4.69, 9.17) is 11.6 Å². The Morgan fingerprint density at radius 2 is 1.41 bits per heavy atom. The number of rotatable bonds is 3. The molecular weight excluding hydrogens is 318 g/mol. The molecule has 0 N–H and O–H groups in total. The van der Waals surface area contributed by atoms with Crippen LogP contribution >= 0.6 is 11.6 Å². The zero-order valence-corrected chi connectivity index (χ0v) is 13.3. The van der Waals surface area contributed by atoms with Crippen LogP contribution in [0, 0.1) is 0 Å². The van der Waals surface area contributed by atoms with Gasteiger partial charge in [-0.05, 0) is 23.3 Å². The van der Waals surface area contributed by atoms with Gasteiger partial charge in [0.05, 0.1) is 17.0 Å². The topological polar surface area (TPSA) is 55.7 Å². The lowest BCUT2D eigenvalue weighted by Gasteiger charge is -2.04. The number of hydrogen-bond acceptors (Lipinski definition) is 4. The summed E-state index contributed by atoms with van der Waals surface area (Å²) in [5, 5.41) is 8.89. The first-order valence-corrected chi connectivity index (χ1v) is 8.46. The van der Waals surface area contributed by atoms with Gasteiger partial charge in [-0.2, -0.15) is 0 Å². The first kappa shape index (κ1) is 14.8. The van der Waals surface area contributed by atoms with Gasteiger partial charge in [0.15, 0.2) is 0 Å². The highest BCUT2D eigenvalue weighted by atomic mass is 35.5. The summed E-state index contributed by atoms with van der Waals surface area (Å²) in [6.45, 7) is 0. The SMILES string of the molecule is CS(=O)c1ncc(-c2ccc(-c3ccc(Cl)cc3)cc2)nn1. The molecule has 1 aromatic heterocycles. The average molecular weight is 330 g/mol. The molecule has 0 saturated carbocycles. The smallest absolute Gasteiger partial charge is 0.239 e. The molecule has 4 nitrogen and oxygen atoms in total. The normalized spacial score (nSPS) is 12.1. The van der Waals surface area contributed by atoms with Crippen LogP contribution in [0.5, 0.6) is 0 Å². The minimum atomic E-state index is -1.22. The van der Waals surface area contributed by atoms with Gasteiger partial charge in [0, 0.05) is 16.8 Å². The second-order valence-electron chi connectivity index (χ2n) is 4.66. The fourth-order valence-electron chi connectivity index (χ4n) is 2.00. The highest BCUT2D eigenvalue weighted by molar-refractivity contribution is 7.84. The maximum atomic E-state index is 11.3. The van der Waals surface area contributed by atoms with Crippen molar-refractivity contribution < 1.29 is 4.21 Å². The van der Waals surface area contributed by atoms with Crippen molar-refractivity contribution in [2.24, 2.45) is 0 Å². The fourth-order valence-corrected chi connectivity index (χ4v) is 2.49. The molecule has 0 spiro atoms. The van der Waals surface area contributed by atoms with E-state index >= 15 is 0 Å². The molecule has 110 valence electrons. The van der Waals surface area contributed by atoms with Gasteiger partial charge < -0.3 is 0 Å². The molecule has 1 heterocycles. The van der Waals surface area contributed by atoms with Gasteiger partial charge >= 0.3 is 0 Å². The lowest BCUT2D eigenvalue weighted by atomic mass is 10.0. The zero-order chi connectivity index (χ0) is 15.5. The number of benzene rings is 2. The number of aromatic nitrogens is 3. The second-order valence-corrected chi connectivity index (χ2v) is 6.37. The van der Waals surface area contributed by atoms with Crippen LogP contribution in [0.2, 0.25) is 5.02 Å². The minimum Gasteiger partial charge on any atom is -0.251 e. The van der Waals surface area contributed by atoms with Crippen LogP contribution < -0.4 is 0 Å². The lowest BCUT2D eigenvalue weighted by Crippen LogP contribution is -1.99. The molecule has 22 heavy (non-hydrogen) atoms. The molecule has 0 fully saturated rings. The number of hydrogen-bond donors (Lipinski definition) is 0. The molecule has 1 atom stereocenters. The van der Waals surface area contributed by atoms with Crippen LogP contribution in [0.15, 0.2) is 59.9 Å². The van der Waals surface area contributed by atoms with Gasteiger partial charge in [0.1, 0.15) is 5.69 Å². The van der Waals surface area contributed by atoms with E-state index in [1.807, 2.05) is 48.5 Å². The fraction of sp³-hybridized carbons (Fsp3) is 0.0625. The maximum Gasteiger partial charge on any atom is 0.239 e. The van der Waals surface area contributed by atoms with Crippen LogP contribution in [0.25, 0.3) is 22.4 Å². The molecule has 2 aromatic carbocycles. The largest absolute Gasteiger partial charge is 0.251 e. The summed E-state index contributed by atoms with van der Waals surface area (Å²) in [6, 6.07) is 15.6. The van der Waals surface area contributed by atoms with Crippen molar-refractivity contribution >= 4 is 22.4 Å². The summed E-state index contributed by atoms with van der Waals surface area (Å²) in [5.74, 6) is 0. The summed E-state index contributed by atoms with van der Waals surface area (Å²) < 4.78 is 11.3. The molecule has 0 aliphatic heterocycles. The van der Waals surface area contributed by atoms with E-state index < -0.39 is 10.8 Å². The number of nitrogens with zero attached hydrogens (tertiary/aromatic N) is 3. The first-order chi connectivity index (χ1) is 10.6. The first-order valence-electron chi connectivity index (χ1n) is 6.53. The van der Waals surface area contributed by atoms with E-state index in [2.05, 4.69) is 15.2 Å². The summed E-state index contributed by atoms with van der Waals surface area (Å²) >= 11 is 5.90. The monoisotopic (exact) mass is 329 g/mol. The van der Waals surface area contributed by atoms with Crippen LogP contribution in [0.1, 0.15) is 0 Å². The molecule has 6 heteroatoms. The van der Waals surface area contributed by atoms with E-state index in [0.29, 0.717) is 5.69 Å². The third-order valence-corrected chi connectivity index (χ3v) is 4.11. The van der Waals surface area contributed by atoms with Gasteiger partial charge in [0.2, 0.25) is 5.16 Å². The van der Waals surface area contributed by atoms with E-state index in [1.165, 1.54) is 6.26 Å². The predicted molar refractivity (Wildman–Crippen MR) is 88.0 cm³/mol.